The van der Waals surface area contributed by atoms with Crippen LogP contribution >= 0.6 is 12.2 Å². The first-order valence-electron chi connectivity index (χ1n) is 11.4. The van der Waals surface area contributed by atoms with Gasteiger partial charge in [-0.1, -0.05) is 18.2 Å². The van der Waals surface area contributed by atoms with Crippen molar-refractivity contribution in [3.63, 3.8) is 0 Å². The molecule has 1 aromatic heterocycles. The molecule has 0 atom stereocenters. The Bertz CT molecular complexity index is 1130. The molecule has 2 aromatic carbocycles. The predicted octanol–water partition coefficient (Wildman–Crippen LogP) is 2.04. The van der Waals surface area contributed by atoms with Gasteiger partial charge in [0.1, 0.15) is 18.8 Å². The van der Waals surface area contributed by atoms with Crippen LogP contribution in [0.3, 0.4) is 0 Å². The number of H-pyrrole nitrogens is 1. The molecular weight excluding hydrogens is 436 g/mol. The van der Waals surface area contributed by atoms with E-state index in [1.807, 2.05) is 61.5 Å². The second-order valence-electron chi connectivity index (χ2n) is 8.14. The van der Waals surface area contributed by atoms with E-state index < -0.39 is 0 Å². The Hall–Kier alpha value is -2.94. The van der Waals surface area contributed by atoms with E-state index in [1.54, 1.807) is 0 Å². The van der Waals surface area contributed by atoms with Gasteiger partial charge in [-0.15, -0.1) is 0 Å². The molecule has 33 heavy (non-hydrogen) atoms. The number of para-hydroxylation sites is 1. The van der Waals surface area contributed by atoms with Gasteiger partial charge >= 0.3 is 0 Å². The number of thiocarbonyl (C=S) groups is 1. The Labute approximate surface area is 199 Å². The fourth-order valence-corrected chi connectivity index (χ4v) is 4.26. The fourth-order valence-electron chi connectivity index (χ4n) is 3.99. The number of morpholine rings is 1. The Kier molecular flexibility index (Phi) is 7.93. The Morgan fingerprint density at radius 3 is 2.73 bits per heavy atom. The van der Waals surface area contributed by atoms with Gasteiger partial charge in [0.25, 0.3) is 5.56 Å². The molecule has 7 nitrogen and oxygen atoms in total. The molecule has 1 saturated heterocycles. The van der Waals surface area contributed by atoms with E-state index in [0.717, 1.165) is 61.7 Å². The van der Waals surface area contributed by atoms with Crippen LogP contribution in [0.15, 0.2) is 59.4 Å². The summed E-state index contributed by atoms with van der Waals surface area (Å²) in [5, 5.41) is 4.87. The third-order valence-electron chi connectivity index (χ3n) is 5.81. The minimum absolute atomic E-state index is 0.0992. The van der Waals surface area contributed by atoms with E-state index in [0.29, 0.717) is 23.8 Å². The number of aromatic amines is 1. The lowest BCUT2D eigenvalue weighted by molar-refractivity contribution is -0.907. The third kappa shape index (κ3) is 6.31. The molecule has 0 aliphatic carbocycles. The maximum atomic E-state index is 12.9. The zero-order chi connectivity index (χ0) is 23.0. The quantitative estimate of drug-likeness (QED) is 0.441. The number of fused-ring (bicyclic) bond motifs is 1. The molecule has 0 unspecified atom stereocenters. The van der Waals surface area contributed by atoms with Crippen LogP contribution in [-0.4, -0.2) is 61.0 Å². The Morgan fingerprint density at radius 2 is 1.97 bits per heavy atom. The summed E-state index contributed by atoms with van der Waals surface area (Å²) >= 11 is 5.77. The van der Waals surface area contributed by atoms with Crippen molar-refractivity contribution < 1.29 is 14.4 Å². The van der Waals surface area contributed by atoms with Gasteiger partial charge in [0.05, 0.1) is 39.5 Å². The van der Waals surface area contributed by atoms with Crippen molar-refractivity contribution in [2.45, 2.75) is 13.5 Å². The first-order valence-corrected chi connectivity index (χ1v) is 11.8. The summed E-state index contributed by atoms with van der Waals surface area (Å²) < 4.78 is 11.1. The normalized spacial score (nSPS) is 14.2. The minimum atomic E-state index is -0.0992. The number of aromatic nitrogens is 1. The van der Waals surface area contributed by atoms with Gasteiger partial charge in [-0.2, -0.15) is 0 Å². The van der Waals surface area contributed by atoms with Crippen molar-refractivity contribution in [2.24, 2.45) is 0 Å². The van der Waals surface area contributed by atoms with Gasteiger partial charge in [-0.25, -0.2) is 0 Å². The zero-order valence-corrected chi connectivity index (χ0v) is 19.7. The summed E-state index contributed by atoms with van der Waals surface area (Å²) in [7, 11) is 0. The maximum Gasteiger partial charge on any atom is 0.253 e. The van der Waals surface area contributed by atoms with Gasteiger partial charge in [0.2, 0.25) is 0 Å². The molecule has 4 rings (SSSR count). The minimum Gasteiger partial charge on any atom is -0.494 e. The molecule has 0 saturated carbocycles. The van der Waals surface area contributed by atoms with Crippen molar-refractivity contribution in [3.05, 3.63) is 70.5 Å². The van der Waals surface area contributed by atoms with Crippen LogP contribution in [0, 0.1) is 0 Å². The van der Waals surface area contributed by atoms with Crippen molar-refractivity contribution in [2.75, 3.05) is 51.3 Å². The lowest BCUT2D eigenvalue weighted by Gasteiger charge is -2.29. The smallest absolute Gasteiger partial charge is 0.253 e. The number of pyridine rings is 1. The summed E-state index contributed by atoms with van der Waals surface area (Å²) in [6.45, 7) is 8.20. The highest BCUT2D eigenvalue weighted by Gasteiger charge is 2.19. The molecule has 0 radical (unpaired) electrons. The number of hydrogen-bond acceptors (Lipinski definition) is 4. The molecule has 1 aliphatic heterocycles. The first kappa shape index (κ1) is 23.2. The van der Waals surface area contributed by atoms with E-state index in [-0.39, 0.29) is 5.56 Å². The van der Waals surface area contributed by atoms with E-state index in [2.05, 4.69) is 15.2 Å². The molecule has 1 aliphatic rings. The molecular formula is C25H31N4O3S+. The number of rotatable bonds is 8. The molecule has 0 bridgehead atoms. The van der Waals surface area contributed by atoms with Gasteiger partial charge in [0.15, 0.2) is 5.11 Å². The number of anilines is 1. The first-order chi connectivity index (χ1) is 16.1. The van der Waals surface area contributed by atoms with Crippen LogP contribution in [0.5, 0.6) is 5.75 Å². The second kappa shape index (κ2) is 11.3. The van der Waals surface area contributed by atoms with Crippen LogP contribution in [0.25, 0.3) is 10.9 Å². The number of ether oxygens (including phenoxy) is 2. The molecule has 3 N–H and O–H groups in total. The summed E-state index contributed by atoms with van der Waals surface area (Å²) in [6.07, 6.45) is 0. The Balaban J connectivity index is 1.55. The highest BCUT2D eigenvalue weighted by Crippen LogP contribution is 2.20. The van der Waals surface area contributed by atoms with E-state index >= 15 is 0 Å². The van der Waals surface area contributed by atoms with Crippen molar-refractivity contribution in [3.8, 4) is 5.75 Å². The van der Waals surface area contributed by atoms with Crippen LogP contribution < -0.4 is 20.5 Å². The zero-order valence-electron chi connectivity index (χ0n) is 18.9. The van der Waals surface area contributed by atoms with Gasteiger partial charge in [0, 0.05) is 22.2 Å². The average molecular weight is 468 g/mol. The number of nitrogens with one attached hydrogen (secondary N) is 3. The van der Waals surface area contributed by atoms with Crippen LogP contribution in [0.2, 0.25) is 0 Å². The van der Waals surface area contributed by atoms with Crippen LogP contribution in [0.4, 0.5) is 5.69 Å². The SMILES string of the molecule is CCOc1ccc2[nH]c(=O)c(CN(CC[NH+]3CCOCC3)C(=S)Nc3ccccc3)cc2c1. The second-order valence-corrected chi connectivity index (χ2v) is 8.52. The number of quaternary nitrogens is 1. The number of benzene rings is 2. The lowest BCUT2D eigenvalue weighted by atomic mass is 10.1. The van der Waals surface area contributed by atoms with Crippen molar-refractivity contribution in [1.82, 2.24) is 9.88 Å². The van der Waals surface area contributed by atoms with E-state index in [4.69, 9.17) is 21.7 Å². The average Bonchev–Trinajstić information content (AvgIpc) is 2.83. The number of nitrogens with zero attached hydrogens (tertiary/aromatic N) is 1. The van der Waals surface area contributed by atoms with Crippen LogP contribution in [-0.2, 0) is 11.3 Å². The Morgan fingerprint density at radius 1 is 1.18 bits per heavy atom. The van der Waals surface area contributed by atoms with Crippen molar-refractivity contribution in [1.29, 1.82) is 0 Å². The van der Waals surface area contributed by atoms with E-state index in [9.17, 15) is 4.79 Å². The highest BCUT2D eigenvalue weighted by atomic mass is 32.1. The van der Waals surface area contributed by atoms with Gasteiger partial charge < -0.3 is 29.6 Å². The molecule has 2 heterocycles. The number of hydrogen-bond donors (Lipinski definition) is 3. The monoisotopic (exact) mass is 467 g/mol. The standard InChI is InChI=1S/C25H30N4O3S/c1-2-32-22-8-9-23-19(17-22)16-20(24(30)27-23)18-29(11-10-28-12-14-31-15-13-28)25(33)26-21-6-4-3-5-7-21/h3-9,16-17H,2,10-15,18H2,1H3,(H,26,33)(H,27,30)/p+1. The summed E-state index contributed by atoms with van der Waals surface area (Å²) in [5.74, 6) is 0.789. The largest absolute Gasteiger partial charge is 0.494 e. The van der Waals surface area contributed by atoms with Crippen molar-refractivity contribution >= 4 is 33.9 Å². The summed E-state index contributed by atoms with van der Waals surface area (Å²) in [6, 6.07) is 17.5. The molecule has 8 heteroatoms. The third-order valence-corrected chi connectivity index (χ3v) is 6.17. The fraction of sp³-hybridized carbons (Fsp3) is 0.360. The van der Waals surface area contributed by atoms with Crippen LogP contribution in [0.1, 0.15) is 12.5 Å². The van der Waals surface area contributed by atoms with Gasteiger partial charge in [-0.05, 0) is 55.5 Å². The molecule has 0 amide bonds. The molecule has 1 fully saturated rings. The summed E-state index contributed by atoms with van der Waals surface area (Å²) in [5.41, 5.74) is 2.30. The van der Waals surface area contributed by atoms with Gasteiger partial charge in [-0.3, -0.25) is 4.79 Å². The van der Waals surface area contributed by atoms with E-state index in [1.165, 1.54) is 4.90 Å². The molecule has 174 valence electrons. The predicted molar refractivity (Wildman–Crippen MR) is 135 cm³/mol. The molecule has 3 aromatic rings. The topological polar surface area (TPSA) is 71.0 Å². The lowest BCUT2D eigenvalue weighted by Crippen LogP contribution is -3.14. The highest BCUT2D eigenvalue weighted by molar-refractivity contribution is 7.80. The molecule has 0 spiro atoms. The maximum absolute atomic E-state index is 12.9. The summed E-state index contributed by atoms with van der Waals surface area (Å²) in [4.78, 5) is 19.4.